The van der Waals surface area contributed by atoms with Crippen LogP contribution in [0.2, 0.25) is 0 Å². The number of pyridine rings is 1. The fourth-order valence-electron chi connectivity index (χ4n) is 1.18. The van der Waals surface area contributed by atoms with Gasteiger partial charge in [-0.15, -0.1) is 0 Å². The van der Waals surface area contributed by atoms with Gasteiger partial charge in [0.2, 0.25) is 0 Å². The molecule has 0 aliphatic heterocycles. The second-order valence-corrected chi connectivity index (χ2v) is 2.61. The van der Waals surface area contributed by atoms with Gasteiger partial charge >= 0.3 is 0 Å². The molecule has 0 atom stereocenters. The number of anilines is 1. The maximum absolute atomic E-state index is 12.6. The monoisotopic (exact) mass is 203 g/mol. The molecule has 0 radical (unpaired) electrons. The van der Waals surface area contributed by atoms with E-state index >= 15 is 0 Å². The van der Waals surface area contributed by atoms with Crippen LogP contribution < -0.4 is 16.2 Å². The van der Waals surface area contributed by atoms with Crippen LogP contribution in [0.5, 0.6) is 5.75 Å². The van der Waals surface area contributed by atoms with Crippen LogP contribution >= 0.6 is 0 Å². The first-order valence-electron chi connectivity index (χ1n) is 3.91. The largest absolute Gasteiger partial charge is 0.494 e. The Labute approximate surface area is 79.9 Å². The number of ether oxygens (including phenoxy) is 1. The maximum Gasteiger partial charge on any atom is 0.269 e. The standard InChI is InChI=1S/C8H11F2N3O/c1-14-7-4(12)3-13-5(2-11)6(7)8(9)10/h3,8H,2,11-12H2,1H3. The fraction of sp³-hybridized carbons (Fsp3) is 0.375. The van der Waals surface area contributed by atoms with Crippen LogP contribution in [0.15, 0.2) is 6.20 Å². The molecule has 1 rings (SSSR count). The van der Waals surface area contributed by atoms with Crippen molar-refractivity contribution in [2.75, 3.05) is 12.8 Å². The highest BCUT2D eigenvalue weighted by Gasteiger charge is 2.21. The Kier molecular flexibility index (Phi) is 3.19. The number of methoxy groups -OCH3 is 1. The first-order valence-corrected chi connectivity index (χ1v) is 3.91. The second-order valence-electron chi connectivity index (χ2n) is 2.61. The van der Waals surface area contributed by atoms with Gasteiger partial charge in [-0.05, 0) is 0 Å². The highest BCUT2D eigenvalue weighted by molar-refractivity contribution is 5.57. The molecule has 0 saturated carbocycles. The Bertz CT molecular complexity index is 331. The van der Waals surface area contributed by atoms with Gasteiger partial charge in [-0.2, -0.15) is 0 Å². The maximum atomic E-state index is 12.6. The number of halogens is 2. The number of nitrogens with two attached hydrogens (primary N) is 2. The van der Waals surface area contributed by atoms with Crippen LogP contribution in [0.1, 0.15) is 17.7 Å². The van der Waals surface area contributed by atoms with Crippen LogP contribution in [0.25, 0.3) is 0 Å². The molecule has 1 heterocycles. The van der Waals surface area contributed by atoms with Crippen molar-refractivity contribution in [1.82, 2.24) is 4.98 Å². The van der Waals surface area contributed by atoms with E-state index in [0.29, 0.717) is 0 Å². The van der Waals surface area contributed by atoms with Gasteiger partial charge < -0.3 is 16.2 Å². The highest BCUT2D eigenvalue weighted by Crippen LogP contribution is 2.35. The van der Waals surface area contributed by atoms with Crippen molar-refractivity contribution in [2.24, 2.45) is 5.73 Å². The van der Waals surface area contributed by atoms with E-state index in [2.05, 4.69) is 4.98 Å². The third-order valence-corrected chi connectivity index (χ3v) is 1.79. The number of nitrogen functional groups attached to an aromatic ring is 1. The lowest BCUT2D eigenvalue weighted by Gasteiger charge is -2.13. The van der Waals surface area contributed by atoms with E-state index in [0.717, 1.165) is 0 Å². The predicted molar refractivity (Wildman–Crippen MR) is 48.0 cm³/mol. The molecular formula is C8H11F2N3O. The molecule has 0 unspecified atom stereocenters. The van der Waals surface area contributed by atoms with E-state index in [-0.39, 0.29) is 29.2 Å². The van der Waals surface area contributed by atoms with Crippen molar-refractivity contribution >= 4 is 5.69 Å². The van der Waals surface area contributed by atoms with Gasteiger partial charge in [0.15, 0.2) is 5.75 Å². The van der Waals surface area contributed by atoms with Crippen LogP contribution in [0.4, 0.5) is 14.5 Å². The predicted octanol–water partition coefficient (Wildman–Crippen LogP) is 1.07. The van der Waals surface area contributed by atoms with E-state index in [1.54, 1.807) is 0 Å². The van der Waals surface area contributed by atoms with E-state index in [1.165, 1.54) is 13.3 Å². The Balaban J connectivity index is 3.36. The van der Waals surface area contributed by atoms with E-state index in [1.807, 2.05) is 0 Å². The normalized spacial score (nSPS) is 10.6. The fourth-order valence-corrected chi connectivity index (χ4v) is 1.18. The third kappa shape index (κ3) is 1.74. The number of aromatic nitrogens is 1. The first kappa shape index (κ1) is 10.6. The molecule has 4 nitrogen and oxygen atoms in total. The van der Waals surface area contributed by atoms with E-state index < -0.39 is 6.43 Å². The van der Waals surface area contributed by atoms with Gasteiger partial charge in [0.25, 0.3) is 6.43 Å². The lowest BCUT2D eigenvalue weighted by Crippen LogP contribution is -2.08. The van der Waals surface area contributed by atoms with Crippen LogP contribution in [0, 0.1) is 0 Å². The number of hydrogen-bond donors (Lipinski definition) is 2. The van der Waals surface area contributed by atoms with Crippen LogP contribution in [-0.2, 0) is 6.54 Å². The highest BCUT2D eigenvalue weighted by atomic mass is 19.3. The molecule has 0 spiro atoms. The molecule has 0 saturated heterocycles. The smallest absolute Gasteiger partial charge is 0.269 e. The number of rotatable bonds is 3. The zero-order chi connectivity index (χ0) is 10.7. The molecule has 78 valence electrons. The molecular weight excluding hydrogens is 192 g/mol. The third-order valence-electron chi connectivity index (χ3n) is 1.79. The molecule has 0 aliphatic rings. The Morgan fingerprint density at radius 2 is 2.21 bits per heavy atom. The summed E-state index contributed by atoms with van der Waals surface area (Å²) >= 11 is 0. The number of nitrogens with zero attached hydrogens (tertiary/aromatic N) is 1. The molecule has 0 amide bonds. The minimum atomic E-state index is -2.69. The van der Waals surface area contributed by atoms with Gasteiger partial charge in [0, 0.05) is 6.54 Å². The van der Waals surface area contributed by atoms with Crippen LogP contribution in [0.3, 0.4) is 0 Å². The molecule has 0 bridgehead atoms. The summed E-state index contributed by atoms with van der Waals surface area (Å²) in [6.45, 7) is -0.0731. The SMILES string of the molecule is COc1c(N)cnc(CN)c1C(F)F. The second kappa shape index (κ2) is 4.19. The zero-order valence-electron chi connectivity index (χ0n) is 7.63. The average molecular weight is 203 g/mol. The topological polar surface area (TPSA) is 74.2 Å². The van der Waals surface area contributed by atoms with Gasteiger partial charge in [0.05, 0.1) is 30.3 Å². The number of alkyl halides is 2. The summed E-state index contributed by atoms with van der Waals surface area (Å²) < 4.78 is 30.0. The lowest BCUT2D eigenvalue weighted by molar-refractivity contribution is 0.145. The summed E-state index contributed by atoms with van der Waals surface area (Å²) in [4.78, 5) is 3.72. The van der Waals surface area contributed by atoms with Crippen molar-refractivity contribution in [3.8, 4) is 5.75 Å². The lowest BCUT2D eigenvalue weighted by atomic mass is 10.1. The van der Waals surface area contributed by atoms with Gasteiger partial charge in [0.1, 0.15) is 0 Å². The minimum Gasteiger partial charge on any atom is -0.494 e. The van der Waals surface area contributed by atoms with Gasteiger partial charge in [-0.25, -0.2) is 8.78 Å². The van der Waals surface area contributed by atoms with Crippen molar-refractivity contribution in [3.05, 3.63) is 17.5 Å². The van der Waals surface area contributed by atoms with Gasteiger partial charge in [-0.1, -0.05) is 0 Å². The Morgan fingerprint density at radius 1 is 1.57 bits per heavy atom. The zero-order valence-corrected chi connectivity index (χ0v) is 7.63. The molecule has 0 aliphatic carbocycles. The summed E-state index contributed by atoms with van der Waals surface area (Å²) in [6.07, 6.45) is -1.44. The molecule has 0 aromatic carbocycles. The van der Waals surface area contributed by atoms with E-state index in [4.69, 9.17) is 16.2 Å². The van der Waals surface area contributed by atoms with Crippen molar-refractivity contribution in [1.29, 1.82) is 0 Å². The molecule has 1 aromatic heterocycles. The molecule has 0 fully saturated rings. The van der Waals surface area contributed by atoms with Crippen molar-refractivity contribution < 1.29 is 13.5 Å². The number of hydrogen-bond acceptors (Lipinski definition) is 4. The van der Waals surface area contributed by atoms with Gasteiger partial charge in [-0.3, -0.25) is 4.98 Å². The Hall–Kier alpha value is -1.43. The molecule has 6 heteroatoms. The van der Waals surface area contributed by atoms with Crippen molar-refractivity contribution in [2.45, 2.75) is 13.0 Å². The minimum absolute atomic E-state index is 0.0459. The summed E-state index contributed by atoms with van der Waals surface area (Å²) in [5.74, 6) is -0.0459. The average Bonchev–Trinajstić information content (AvgIpc) is 2.17. The Morgan fingerprint density at radius 3 is 2.64 bits per heavy atom. The quantitative estimate of drug-likeness (QED) is 0.770. The summed E-state index contributed by atoms with van der Waals surface area (Å²) in [5, 5.41) is 0. The molecule has 14 heavy (non-hydrogen) atoms. The summed E-state index contributed by atoms with van der Waals surface area (Å²) in [5.41, 5.74) is 10.6. The van der Waals surface area contributed by atoms with Crippen LogP contribution in [-0.4, -0.2) is 12.1 Å². The molecule has 1 aromatic rings. The van der Waals surface area contributed by atoms with Crippen molar-refractivity contribution in [3.63, 3.8) is 0 Å². The first-order chi connectivity index (χ1) is 6.61. The summed E-state index contributed by atoms with van der Waals surface area (Å²) in [7, 11) is 1.28. The summed E-state index contributed by atoms with van der Waals surface area (Å²) in [6, 6.07) is 0. The van der Waals surface area contributed by atoms with E-state index in [9.17, 15) is 8.78 Å². The molecule has 4 N–H and O–H groups in total.